The molecule has 0 bridgehead atoms. The molecule has 2 aromatic heterocycles. The average molecular weight is 388 g/mol. The van der Waals surface area contributed by atoms with Crippen LogP contribution in [0.25, 0.3) is 10.2 Å². The van der Waals surface area contributed by atoms with Crippen LogP contribution in [0.2, 0.25) is 0 Å². The Morgan fingerprint density at radius 1 is 1.27 bits per heavy atom. The molecule has 26 heavy (non-hydrogen) atoms. The summed E-state index contributed by atoms with van der Waals surface area (Å²) >= 11 is 3.28. The second-order valence-corrected chi connectivity index (χ2v) is 8.34. The summed E-state index contributed by atoms with van der Waals surface area (Å²) in [6.45, 7) is 4.48. The standard InChI is InChI=1S/C19H21N3O2S2/c1-13-14(2)26-18-17(13)19(24)22(12-21-18)10-16(23)20-8-9-25-11-15-6-4-3-5-7-15/h3-7,12H,8-11H2,1-2H3,(H,20,23). The summed E-state index contributed by atoms with van der Waals surface area (Å²) in [6, 6.07) is 10.2. The van der Waals surface area contributed by atoms with Crippen molar-refractivity contribution in [1.29, 1.82) is 0 Å². The predicted octanol–water partition coefficient (Wildman–Crippen LogP) is 3.12. The summed E-state index contributed by atoms with van der Waals surface area (Å²) < 4.78 is 1.38. The molecule has 1 aromatic carbocycles. The van der Waals surface area contributed by atoms with Gasteiger partial charge in [0, 0.05) is 22.9 Å². The van der Waals surface area contributed by atoms with Gasteiger partial charge in [-0.1, -0.05) is 30.3 Å². The van der Waals surface area contributed by atoms with Gasteiger partial charge in [-0.3, -0.25) is 14.2 Å². The monoisotopic (exact) mass is 387 g/mol. The van der Waals surface area contributed by atoms with E-state index in [9.17, 15) is 9.59 Å². The Balaban J connectivity index is 1.50. The molecule has 0 saturated carbocycles. The van der Waals surface area contributed by atoms with Gasteiger partial charge in [0.2, 0.25) is 5.91 Å². The van der Waals surface area contributed by atoms with E-state index < -0.39 is 0 Å². The van der Waals surface area contributed by atoms with Crippen LogP contribution in [0.5, 0.6) is 0 Å². The van der Waals surface area contributed by atoms with E-state index in [1.54, 1.807) is 11.8 Å². The zero-order valence-corrected chi connectivity index (χ0v) is 16.5. The van der Waals surface area contributed by atoms with E-state index in [1.807, 2.05) is 32.0 Å². The zero-order valence-electron chi connectivity index (χ0n) is 14.8. The molecule has 1 N–H and O–H groups in total. The lowest BCUT2D eigenvalue weighted by atomic mass is 10.2. The van der Waals surface area contributed by atoms with Gasteiger partial charge in [-0.05, 0) is 25.0 Å². The highest BCUT2D eigenvalue weighted by Crippen LogP contribution is 2.25. The molecule has 0 radical (unpaired) electrons. The summed E-state index contributed by atoms with van der Waals surface area (Å²) in [4.78, 5) is 30.8. The van der Waals surface area contributed by atoms with Gasteiger partial charge in [-0.15, -0.1) is 11.3 Å². The van der Waals surface area contributed by atoms with Gasteiger partial charge in [0.1, 0.15) is 11.4 Å². The van der Waals surface area contributed by atoms with Gasteiger partial charge in [0.25, 0.3) is 5.56 Å². The number of benzene rings is 1. The molecule has 5 nitrogen and oxygen atoms in total. The first-order valence-corrected chi connectivity index (χ1v) is 10.4. The van der Waals surface area contributed by atoms with Crippen LogP contribution in [-0.4, -0.2) is 27.8 Å². The van der Waals surface area contributed by atoms with E-state index >= 15 is 0 Å². The Bertz CT molecular complexity index is 964. The van der Waals surface area contributed by atoms with E-state index in [-0.39, 0.29) is 18.0 Å². The fourth-order valence-electron chi connectivity index (χ4n) is 2.62. The number of carbonyl (C=O) groups excluding carboxylic acids is 1. The van der Waals surface area contributed by atoms with Gasteiger partial charge < -0.3 is 5.32 Å². The smallest absolute Gasteiger partial charge is 0.262 e. The molecule has 3 rings (SSSR count). The topological polar surface area (TPSA) is 64.0 Å². The maximum Gasteiger partial charge on any atom is 0.262 e. The molecule has 0 fully saturated rings. The number of fused-ring (bicyclic) bond motifs is 1. The molecular formula is C19H21N3O2S2. The number of thiophene rings is 1. The van der Waals surface area contributed by atoms with Gasteiger partial charge in [0.15, 0.2) is 0 Å². The number of thioether (sulfide) groups is 1. The number of hydrogen-bond donors (Lipinski definition) is 1. The van der Waals surface area contributed by atoms with Crippen LogP contribution >= 0.6 is 23.1 Å². The number of nitrogens with zero attached hydrogens (tertiary/aromatic N) is 2. The van der Waals surface area contributed by atoms with Crippen LogP contribution in [-0.2, 0) is 17.1 Å². The molecule has 0 aliphatic heterocycles. The molecule has 2 heterocycles. The van der Waals surface area contributed by atoms with Crippen molar-refractivity contribution in [2.45, 2.75) is 26.1 Å². The van der Waals surface area contributed by atoms with Crippen LogP contribution in [0.15, 0.2) is 41.5 Å². The van der Waals surface area contributed by atoms with Crippen molar-refractivity contribution in [3.63, 3.8) is 0 Å². The summed E-state index contributed by atoms with van der Waals surface area (Å²) in [7, 11) is 0. The Hall–Kier alpha value is -2.12. The first-order chi connectivity index (χ1) is 12.6. The molecule has 0 atom stereocenters. The van der Waals surface area contributed by atoms with Crippen molar-refractivity contribution in [1.82, 2.24) is 14.9 Å². The number of carbonyl (C=O) groups is 1. The third kappa shape index (κ3) is 4.34. The lowest BCUT2D eigenvalue weighted by Crippen LogP contribution is -2.33. The Kier molecular flexibility index (Phi) is 6.11. The molecule has 3 aromatic rings. The Morgan fingerprint density at radius 2 is 2.04 bits per heavy atom. The quantitative estimate of drug-likeness (QED) is 0.633. The van der Waals surface area contributed by atoms with E-state index in [2.05, 4.69) is 22.4 Å². The fraction of sp³-hybridized carbons (Fsp3) is 0.316. The number of nitrogens with one attached hydrogen (secondary N) is 1. The summed E-state index contributed by atoms with van der Waals surface area (Å²) in [5.41, 5.74) is 2.08. The highest BCUT2D eigenvalue weighted by molar-refractivity contribution is 7.98. The molecule has 0 aliphatic carbocycles. The largest absolute Gasteiger partial charge is 0.354 e. The van der Waals surface area contributed by atoms with Crippen molar-refractivity contribution in [2.75, 3.05) is 12.3 Å². The third-order valence-electron chi connectivity index (χ3n) is 4.15. The maximum absolute atomic E-state index is 12.6. The van der Waals surface area contributed by atoms with E-state index in [0.717, 1.165) is 26.8 Å². The van der Waals surface area contributed by atoms with Gasteiger partial charge >= 0.3 is 0 Å². The lowest BCUT2D eigenvalue weighted by molar-refractivity contribution is -0.121. The Morgan fingerprint density at radius 3 is 2.81 bits per heavy atom. The van der Waals surface area contributed by atoms with Gasteiger partial charge in [-0.25, -0.2) is 4.98 Å². The van der Waals surface area contributed by atoms with Crippen molar-refractivity contribution >= 4 is 39.2 Å². The zero-order chi connectivity index (χ0) is 18.5. The molecule has 0 aliphatic rings. The van der Waals surface area contributed by atoms with E-state index in [4.69, 9.17) is 0 Å². The number of aromatic nitrogens is 2. The molecule has 0 saturated heterocycles. The number of hydrogen-bond acceptors (Lipinski definition) is 5. The van der Waals surface area contributed by atoms with Crippen molar-refractivity contribution in [3.05, 3.63) is 63.0 Å². The van der Waals surface area contributed by atoms with Crippen molar-refractivity contribution in [3.8, 4) is 0 Å². The summed E-state index contributed by atoms with van der Waals surface area (Å²) in [5, 5.41) is 3.49. The number of rotatable bonds is 7. The average Bonchev–Trinajstić information content (AvgIpc) is 2.93. The highest BCUT2D eigenvalue weighted by atomic mass is 32.2. The lowest BCUT2D eigenvalue weighted by Gasteiger charge is -2.07. The van der Waals surface area contributed by atoms with Crippen LogP contribution in [0.4, 0.5) is 0 Å². The minimum absolute atomic E-state index is 0.000536. The van der Waals surface area contributed by atoms with Crippen molar-refractivity contribution in [2.24, 2.45) is 0 Å². The SMILES string of the molecule is Cc1sc2ncn(CC(=O)NCCSCc3ccccc3)c(=O)c2c1C. The van der Waals surface area contributed by atoms with Crippen LogP contribution in [0.1, 0.15) is 16.0 Å². The second kappa shape index (κ2) is 8.51. The van der Waals surface area contributed by atoms with Crippen LogP contribution < -0.4 is 10.9 Å². The third-order valence-corrected chi connectivity index (χ3v) is 6.30. The molecule has 136 valence electrons. The van der Waals surface area contributed by atoms with Crippen molar-refractivity contribution < 1.29 is 4.79 Å². The maximum atomic E-state index is 12.6. The molecule has 0 spiro atoms. The molecule has 0 unspecified atom stereocenters. The first-order valence-electron chi connectivity index (χ1n) is 8.40. The summed E-state index contributed by atoms with van der Waals surface area (Å²) in [5.74, 6) is 1.58. The minimum Gasteiger partial charge on any atom is -0.354 e. The number of amides is 1. The molecular weight excluding hydrogens is 366 g/mol. The van der Waals surface area contributed by atoms with E-state index in [1.165, 1.54) is 27.8 Å². The summed E-state index contributed by atoms with van der Waals surface area (Å²) in [6.07, 6.45) is 1.46. The van der Waals surface area contributed by atoms with E-state index in [0.29, 0.717) is 11.9 Å². The van der Waals surface area contributed by atoms with Gasteiger partial charge in [0.05, 0.1) is 11.7 Å². The molecule has 1 amide bonds. The normalized spacial score (nSPS) is 11.0. The highest BCUT2D eigenvalue weighted by Gasteiger charge is 2.13. The molecule has 7 heteroatoms. The first kappa shape index (κ1) is 18.7. The fourth-order valence-corrected chi connectivity index (χ4v) is 4.43. The van der Waals surface area contributed by atoms with Gasteiger partial charge in [-0.2, -0.15) is 11.8 Å². The second-order valence-electron chi connectivity index (χ2n) is 6.03. The van der Waals surface area contributed by atoms with Crippen LogP contribution in [0.3, 0.4) is 0 Å². The minimum atomic E-state index is -0.168. The number of aryl methyl sites for hydroxylation is 2. The predicted molar refractivity (Wildman–Crippen MR) is 109 cm³/mol. The Labute approximate surface area is 160 Å². The van der Waals surface area contributed by atoms with Crippen LogP contribution in [0, 0.1) is 13.8 Å².